The van der Waals surface area contributed by atoms with Crippen molar-refractivity contribution in [3.63, 3.8) is 0 Å². The summed E-state index contributed by atoms with van der Waals surface area (Å²) < 4.78 is 5.06. The van der Waals surface area contributed by atoms with E-state index in [9.17, 15) is 19.2 Å². The minimum Gasteiger partial charge on any atom is -0.454 e. The van der Waals surface area contributed by atoms with E-state index in [2.05, 4.69) is 17.6 Å². The molecule has 1 saturated heterocycles. The van der Waals surface area contributed by atoms with Crippen LogP contribution in [0.3, 0.4) is 0 Å². The lowest BCUT2D eigenvalue weighted by molar-refractivity contribution is -0.151. The summed E-state index contributed by atoms with van der Waals surface area (Å²) in [5.74, 6) is -1.01. The molecule has 8 heteroatoms. The number of imide groups is 1. The molecule has 1 atom stereocenters. The smallest absolute Gasteiger partial charge is 0.326 e. The molecule has 8 nitrogen and oxygen atoms in total. The van der Waals surface area contributed by atoms with Crippen molar-refractivity contribution < 1.29 is 23.9 Å². The standard InChI is InChI=1S/C24H33N3O5/c1-3-8-19(18-9-6-5-7-10-18)25-20(28)16-32-21(29)15-27-22(30)24(26-23(27)31)13-11-17(4-2)12-14-24/h5-7,9-10,17,19H,3-4,8,11-16H2,1-2H3,(H,25,28)(H,26,31)/t17?,19-,24?/m0/s1. The van der Waals surface area contributed by atoms with Gasteiger partial charge in [0.05, 0.1) is 6.04 Å². The Morgan fingerprint density at radius 3 is 2.50 bits per heavy atom. The van der Waals surface area contributed by atoms with Crippen molar-refractivity contribution in [1.82, 2.24) is 15.5 Å². The molecule has 32 heavy (non-hydrogen) atoms. The predicted octanol–water partition coefficient (Wildman–Crippen LogP) is 3.08. The number of carbonyl (C=O) groups is 4. The van der Waals surface area contributed by atoms with Gasteiger partial charge in [0.1, 0.15) is 12.1 Å². The highest BCUT2D eigenvalue weighted by Gasteiger charge is 2.52. The van der Waals surface area contributed by atoms with Crippen LogP contribution in [0.2, 0.25) is 0 Å². The van der Waals surface area contributed by atoms with Crippen molar-refractivity contribution in [3.8, 4) is 0 Å². The molecule has 2 N–H and O–H groups in total. The van der Waals surface area contributed by atoms with Crippen LogP contribution in [0.15, 0.2) is 30.3 Å². The second kappa shape index (κ2) is 10.6. The van der Waals surface area contributed by atoms with Gasteiger partial charge in [-0.3, -0.25) is 19.3 Å². The van der Waals surface area contributed by atoms with Crippen LogP contribution in [0.4, 0.5) is 4.79 Å². The number of benzene rings is 1. The van der Waals surface area contributed by atoms with Gasteiger partial charge in [0.2, 0.25) is 0 Å². The van der Waals surface area contributed by atoms with Gasteiger partial charge in [-0.15, -0.1) is 0 Å². The van der Waals surface area contributed by atoms with Crippen molar-refractivity contribution in [2.45, 2.75) is 70.4 Å². The van der Waals surface area contributed by atoms with Crippen molar-refractivity contribution in [2.75, 3.05) is 13.2 Å². The van der Waals surface area contributed by atoms with Crippen LogP contribution in [0.5, 0.6) is 0 Å². The molecule has 1 aliphatic carbocycles. The number of ether oxygens (including phenoxy) is 1. The zero-order valence-corrected chi connectivity index (χ0v) is 18.9. The fourth-order valence-electron chi connectivity index (χ4n) is 4.59. The first-order valence-corrected chi connectivity index (χ1v) is 11.5. The summed E-state index contributed by atoms with van der Waals surface area (Å²) in [6.45, 7) is 3.20. The lowest BCUT2D eigenvalue weighted by Gasteiger charge is -2.34. The van der Waals surface area contributed by atoms with E-state index in [1.165, 1.54) is 0 Å². The number of nitrogens with one attached hydrogen (secondary N) is 2. The molecule has 1 saturated carbocycles. The van der Waals surface area contributed by atoms with E-state index >= 15 is 0 Å². The molecule has 174 valence electrons. The molecule has 3 rings (SSSR count). The third-order valence-corrected chi connectivity index (χ3v) is 6.55. The molecule has 1 aromatic rings. The second-order valence-electron chi connectivity index (χ2n) is 8.74. The van der Waals surface area contributed by atoms with Crippen LogP contribution in [0.1, 0.15) is 70.4 Å². The minimum atomic E-state index is -0.899. The number of hydrogen-bond acceptors (Lipinski definition) is 5. The van der Waals surface area contributed by atoms with Crippen molar-refractivity contribution in [1.29, 1.82) is 0 Å². The zero-order valence-electron chi connectivity index (χ0n) is 18.9. The molecule has 1 spiro atoms. The lowest BCUT2D eigenvalue weighted by Crippen LogP contribution is -2.49. The lowest BCUT2D eigenvalue weighted by atomic mass is 9.75. The SMILES string of the molecule is CCC[C@H](NC(=O)COC(=O)CN1C(=O)NC2(CCC(CC)CC2)C1=O)c1ccccc1. The van der Waals surface area contributed by atoms with Gasteiger partial charge in [-0.1, -0.05) is 57.0 Å². The van der Waals surface area contributed by atoms with Crippen molar-refractivity contribution >= 4 is 23.8 Å². The van der Waals surface area contributed by atoms with Gasteiger partial charge in [-0.25, -0.2) is 4.79 Å². The summed E-state index contributed by atoms with van der Waals surface area (Å²) in [6.07, 6.45) is 5.62. The second-order valence-corrected chi connectivity index (χ2v) is 8.74. The van der Waals surface area contributed by atoms with Gasteiger partial charge in [-0.2, -0.15) is 0 Å². The van der Waals surface area contributed by atoms with Crippen LogP contribution in [0, 0.1) is 5.92 Å². The van der Waals surface area contributed by atoms with E-state index in [0.29, 0.717) is 18.8 Å². The molecule has 0 bridgehead atoms. The highest BCUT2D eigenvalue weighted by molar-refractivity contribution is 6.08. The fraction of sp³-hybridized carbons (Fsp3) is 0.583. The summed E-state index contributed by atoms with van der Waals surface area (Å²) in [7, 11) is 0. The van der Waals surface area contributed by atoms with Gasteiger partial charge in [-0.05, 0) is 43.6 Å². The number of urea groups is 1. The highest BCUT2D eigenvalue weighted by Crippen LogP contribution is 2.37. The van der Waals surface area contributed by atoms with Gasteiger partial charge >= 0.3 is 12.0 Å². The van der Waals surface area contributed by atoms with Crippen molar-refractivity contribution in [2.24, 2.45) is 5.92 Å². The Balaban J connectivity index is 1.49. The average molecular weight is 444 g/mol. The maximum absolute atomic E-state index is 12.9. The van der Waals surface area contributed by atoms with Crippen LogP contribution >= 0.6 is 0 Å². The molecule has 0 unspecified atom stereocenters. The van der Waals surface area contributed by atoms with Gasteiger partial charge < -0.3 is 15.4 Å². The van der Waals surface area contributed by atoms with Gasteiger partial charge in [0.15, 0.2) is 6.61 Å². The van der Waals surface area contributed by atoms with E-state index in [4.69, 9.17) is 4.74 Å². The summed E-state index contributed by atoms with van der Waals surface area (Å²) in [4.78, 5) is 50.8. The van der Waals surface area contributed by atoms with Crippen molar-refractivity contribution in [3.05, 3.63) is 35.9 Å². The monoisotopic (exact) mass is 443 g/mol. The van der Waals surface area contributed by atoms with E-state index in [1.54, 1.807) is 0 Å². The first-order chi connectivity index (χ1) is 15.4. The van der Waals surface area contributed by atoms with Crippen LogP contribution < -0.4 is 10.6 Å². The number of amides is 4. The number of hydrogen-bond donors (Lipinski definition) is 2. The zero-order chi connectivity index (χ0) is 23.1. The Labute approximate surface area is 189 Å². The quantitative estimate of drug-likeness (QED) is 0.451. The maximum atomic E-state index is 12.9. The van der Waals surface area contributed by atoms with E-state index in [-0.39, 0.29) is 11.9 Å². The van der Waals surface area contributed by atoms with Crippen LogP contribution in [-0.2, 0) is 19.1 Å². The molecule has 2 aliphatic rings. The summed E-state index contributed by atoms with van der Waals surface area (Å²) in [6, 6.07) is 8.86. The van der Waals surface area contributed by atoms with E-state index in [1.807, 2.05) is 37.3 Å². The Hall–Kier alpha value is -2.90. The molecule has 0 radical (unpaired) electrons. The van der Waals surface area contributed by atoms with E-state index in [0.717, 1.165) is 42.6 Å². The fourth-order valence-corrected chi connectivity index (χ4v) is 4.59. The maximum Gasteiger partial charge on any atom is 0.326 e. The minimum absolute atomic E-state index is 0.170. The third kappa shape index (κ3) is 5.47. The summed E-state index contributed by atoms with van der Waals surface area (Å²) in [5.41, 5.74) is 0.0835. The summed E-state index contributed by atoms with van der Waals surface area (Å²) in [5, 5.41) is 5.67. The number of esters is 1. The molecular formula is C24H33N3O5. The molecule has 2 fully saturated rings. The van der Waals surface area contributed by atoms with E-state index < -0.39 is 36.6 Å². The molecule has 0 aromatic heterocycles. The van der Waals surface area contributed by atoms with Gasteiger partial charge in [0, 0.05) is 0 Å². The normalized spacial score (nSPS) is 23.7. The Morgan fingerprint density at radius 2 is 1.88 bits per heavy atom. The average Bonchev–Trinajstić information content (AvgIpc) is 3.02. The first kappa shape index (κ1) is 23.8. The topological polar surface area (TPSA) is 105 Å². The third-order valence-electron chi connectivity index (χ3n) is 6.55. The Bertz CT molecular complexity index is 833. The Kier molecular flexibility index (Phi) is 7.88. The van der Waals surface area contributed by atoms with Crippen LogP contribution in [-0.4, -0.2) is 47.4 Å². The summed E-state index contributed by atoms with van der Waals surface area (Å²) >= 11 is 0. The van der Waals surface area contributed by atoms with Gasteiger partial charge in [0.25, 0.3) is 11.8 Å². The largest absolute Gasteiger partial charge is 0.454 e. The molecule has 1 aromatic carbocycles. The number of carbonyl (C=O) groups excluding carboxylic acids is 4. The highest BCUT2D eigenvalue weighted by atomic mass is 16.5. The molecule has 1 aliphatic heterocycles. The predicted molar refractivity (Wildman–Crippen MR) is 118 cm³/mol. The Morgan fingerprint density at radius 1 is 1.19 bits per heavy atom. The number of nitrogens with zero attached hydrogens (tertiary/aromatic N) is 1. The molecular weight excluding hydrogens is 410 g/mol. The number of rotatable bonds is 9. The molecule has 1 heterocycles. The van der Waals surface area contributed by atoms with Crippen LogP contribution in [0.25, 0.3) is 0 Å². The first-order valence-electron chi connectivity index (χ1n) is 11.5. The molecule has 4 amide bonds.